The molecule has 0 bridgehead atoms. The third-order valence-electron chi connectivity index (χ3n) is 12.4. The molecule has 0 saturated heterocycles. The normalized spacial score (nSPS) is 11.6. The summed E-state index contributed by atoms with van der Waals surface area (Å²) >= 11 is 3.46. The van der Waals surface area contributed by atoms with Gasteiger partial charge in [-0.1, -0.05) is 202 Å². The number of thiophene rings is 2. The highest BCUT2D eigenvalue weighted by molar-refractivity contribution is 7.21. The number of aryl methyl sites for hydroxylation is 4. The van der Waals surface area contributed by atoms with Crippen LogP contribution in [-0.2, 0) is 31.3 Å². The van der Waals surface area contributed by atoms with Gasteiger partial charge in [-0.05, 0) is 108 Å². The Balaban J connectivity index is 1.55. The quantitative estimate of drug-likeness (QED) is 0.0406. The average Bonchev–Trinajstić information content (AvgIpc) is 3.99. The van der Waals surface area contributed by atoms with Gasteiger partial charge in [-0.2, -0.15) is 0 Å². The minimum absolute atomic E-state index is 0.936. The Hall–Kier alpha value is -4.09. The Labute approximate surface area is 383 Å². The number of aliphatic hydroxyl groups is 1. The molecule has 0 amide bonds. The van der Waals surface area contributed by atoms with Crippen molar-refractivity contribution in [2.24, 2.45) is 4.99 Å². The Kier molecular flexibility index (Phi) is 19.3. The number of hydrogen-bond acceptors (Lipinski definition) is 4. The van der Waals surface area contributed by atoms with Crippen LogP contribution in [0.1, 0.15) is 180 Å². The molecular formula is C58H73NOS2. The van der Waals surface area contributed by atoms with Crippen LogP contribution in [0.15, 0.2) is 125 Å². The van der Waals surface area contributed by atoms with E-state index >= 15 is 0 Å². The number of benzene rings is 4. The summed E-state index contributed by atoms with van der Waals surface area (Å²) < 4.78 is 0. The molecular weight excluding hydrogens is 791 g/mol. The number of unbranched alkanes of at least 4 members (excludes halogenated alkanes) is 12. The third-order valence-corrected chi connectivity index (χ3v) is 14.4. The van der Waals surface area contributed by atoms with Gasteiger partial charge >= 0.3 is 0 Å². The summed E-state index contributed by atoms with van der Waals surface area (Å²) in [6, 6.07) is 39.9. The molecule has 328 valence electrons. The van der Waals surface area contributed by atoms with Crippen molar-refractivity contribution in [1.29, 1.82) is 0 Å². The summed E-state index contributed by atoms with van der Waals surface area (Å²) in [5, 5.41) is 18.6. The van der Waals surface area contributed by atoms with E-state index in [1.807, 2.05) is 0 Å². The highest BCUT2D eigenvalue weighted by Crippen LogP contribution is 2.49. The van der Waals surface area contributed by atoms with Gasteiger partial charge < -0.3 is 5.11 Å². The zero-order chi connectivity index (χ0) is 43.4. The van der Waals surface area contributed by atoms with E-state index in [-0.39, 0.29) is 0 Å². The van der Waals surface area contributed by atoms with Crippen molar-refractivity contribution < 1.29 is 5.11 Å². The summed E-state index contributed by atoms with van der Waals surface area (Å²) in [5.41, 5.74) is 11.1. The zero-order valence-electron chi connectivity index (χ0n) is 38.4. The summed E-state index contributed by atoms with van der Waals surface area (Å²) in [7, 11) is 0. The Morgan fingerprint density at radius 2 is 0.839 bits per heavy atom. The predicted octanol–water partition coefficient (Wildman–Crippen LogP) is 17.4. The van der Waals surface area contributed by atoms with Gasteiger partial charge in [0.05, 0.1) is 21.2 Å². The fourth-order valence-electron chi connectivity index (χ4n) is 8.96. The first-order valence-corrected chi connectivity index (χ1v) is 26.1. The van der Waals surface area contributed by atoms with Crippen molar-refractivity contribution in [2.75, 3.05) is 0 Å². The van der Waals surface area contributed by atoms with Crippen LogP contribution in [0.25, 0.3) is 9.75 Å². The Bertz CT molecular complexity index is 2050. The fraction of sp³-hybridized carbons (Fsp3) is 0.431. The molecule has 2 heterocycles. The van der Waals surface area contributed by atoms with Gasteiger partial charge in [-0.25, -0.2) is 4.99 Å². The molecule has 0 spiro atoms. The van der Waals surface area contributed by atoms with Crippen LogP contribution in [0.2, 0.25) is 0 Å². The van der Waals surface area contributed by atoms with E-state index in [0.717, 1.165) is 74.7 Å². The van der Waals surface area contributed by atoms with Gasteiger partial charge in [0.1, 0.15) is 5.60 Å². The minimum Gasteiger partial charge on any atom is -0.376 e. The average molecular weight is 864 g/mol. The highest BCUT2D eigenvalue weighted by atomic mass is 32.1. The first kappa shape index (κ1) is 47.4. The summed E-state index contributed by atoms with van der Waals surface area (Å²) in [6.07, 6.45) is 23.8. The molecule has 0 unspecified atom stereocenters. The lowest BCUT2D eigenvalue weighted by Gasteiger charge is -2.32. The van der Waals surface area contributed by atoms with Crippen LogP contribution in [-0.4, -0.2) is 10.8 Å². The maximum Gasteiger partial charge on any atom is 0.142 e. The Morgan fingerprint density at radius 3 is 1.24 bits per heavy atom. The molecule has 62 heavy (non-hydrogen) atoms. The standard InChI is InChI=1S/C58H73NOS2/c1-5-9-13-19-27-45-39-46(28-20-14-10-6-2)42-51(41-45)58(60,52-43-47(29-21-15-11-7-3)40-48(44-52)30-22-16-12-8-4)53-35-37-61-56(53)57-54(36-38-62-57)59-55(49-31-23-17-24-32-49)50-33-25-18-26-34-50/h17-18,23-26,31-44,60H,5-16,19-22,27-30H2,1-4H3. The maximum absolute atomic E-state index is 14.2. The van der Waals surface area contributed by atoms with Crippen LogP contribution in [0, 0.1) is 0 Å². The summed E-state index contributed by atoms with van der Waals surface area (Å²) in [4.78, 5) is 7.68. The van der Waals surface area contributed by atoms with E-state index in [4.69, 9.17) is 4.99 Å². The smallest absolute Gasteiger partial charge is 0.142 e. The van der Waals surface area contributed by atoms with E-state index in [9.17, 15) is 5.11 Å². The molecule has 4 heteroatoms. The molecule has 0 fully saturated rings. The summed E-state index contributed by atoms with van der Waals surface area (Å²) in [5.74, 6) is 0. The maximum atomic E-state index is 14.2. The molecule has 2 aromatic heterocycles. The van der Waals surface area contributed by atoms with Crippen LogP contribution in [0.4, 0.5) is 5.69 Å². The largest absolute Gasteiger partial charge is 0.376 e. The first-order valence-electron chi connectivity index (χ1n) is 24.3. The number of hydrogen-bond donors (Lipinski definition) is 1. The number of rotatable bonds is 27. The van der Waals surface area contributed by atoms with Crippen molar-refractivity contribution in [3.8, 4) is 9.75 Å². The SMILES string of the molecule is CCCCCCc1cc(CCCCCC)cc(C(O)(c2cc(CCCCCC)cc(CCCCCC)c2)c2ccsc2-c2sccc2N=C(c2ccccc2)c2ccccc2)c1. The zero-order valence-corrected chi connectivity index (χ0v) is 40.0. The predicted molar refractivity (Wildman–Crippen MR) is 272 cm³/mol. The van der Waals surface area contributed by atoms with E-state index < -0.39 is 5.60 Å². The number of nitrogens with zero attached hydrogens (tertiary/aromatic N) is 1. The highest BCUT2D eigenvalue weighted by Gasteiger charge is 2.38. The second-order valence-corrected chi connectivity index (χ2v) is 19.4. The second kappa shape index (κ2) is 25.3. The van der Waals surface area contributed by atoms with Crippen molar-refractivity contribution in [3.05, 3.63) is 170 Å². The van der Waals surface area contributed by atoms with Crippen molar-refractivity contribution in [1.82, 2.24) is 0 Å². The topological polar surface area (TPSA) is 32.6 Å². The van der Waals surface area contributed by atoms with Gasteiger partial charge in [0.2, 0.25) is 0 Å². The second-order valence-electron chi connectivity index (χ2n) is 17.5. The first-order chi connectivity index (χ1) is 30.5. The van der Waals surface area contributed by atoms with E-state index in [1.54, 1.807) is 22.7 Å². The number of aliphatic imine (C=N–C) groups is 1. The molecule has 0 atom stereocenters. The van der Waals surface area contributed by atoms with Gasteiger partial charge in [0.25, 0.3) is 0 Å². The van der Waals surface area contributed by atoms with E-state index in [0.29, 0.717) is 0 Å². The van der Waals surface area contributed by atoms with Crippen LogP contribution in [0.5, 0.6) is 0 Å². The molecule has 0 radical (unpaired) electrons. The molecule has 6 aromatic rings. The molecule has 0 aliphatic carbocycles. The van der Waals surface area contributed by atoms with E-state index in [2.05, 4.69) is 148 Å². The van der Waals surface area contributed by atoms with Crippen molar-refractivity contribution in [2.45, 2.75) is 162 Å². The molecule has 0 aliphatic heterocycles. The Morgan fingerprint density at radius 1 is 0.452 bits per heavy atom. The molecule has 1 N–H and O–H groups in total. The van der Waals surface area contributed by atoms with Crippen LogP contribution in [0.3, 0.4) is 0 Å². The van der Waals surface area contributed by atoms with Gasteiger partial charge in [-0.15, -0.1) is 22.7 Å². The van der Waals surface area contributed by atoms with Crippen LogP contribution < -0.4 is 0 Å². The monoisotopic (exact) mass is 864 g/mol. The van der Waals surface area contributed by atoms with E-state index in [1.165, 1.54) is 125 Å². The lowest BCUT2D eigenvalue weighted by atomic mass is 9.77. The summed E-state index contributed by atoms with van der Waals surface area (Å²) in [6.45, 7) is 9.16. The molecule has 2 nitrogen and oxygen atoms in total. The van der Waals surface area contributed by atoms with Gasteiger partial charge in [-0.3, -0.25) is 0 Å². The van der Waals surface area contributed by atoms with Crippen molar-refractivity contribution >= 4 is 34.1 Å². The molecule has 6 rings (SSSR count). The third kappa shape index (κ3) is 13.0. The lowest BCUT2D eigenvalue weighted by Crippen LogP contribution is -2.30. The van der Waals surface area contributed by atoms with Crippen molar-refractivity contribution in [3.63, 3.8) is 0 Å². The molecule has 4 aromatic carbocycles. The molecule has 0 saturated carbocycles. The lowest BCUT2D eigenvalue weighted by molar-refractivity contribution is 0.126. The van der Waals surface area contributed by atoms with Gasteiger partial charge in [0, 0.05) is 16.7 Å². The van der Waals surface area contributed by atoms with Crippen LogP contribution >= 0.6 is 22.7 Å². The minimum atomic E-state index is -1.36. The fourth-order valence-corrected chi connectivity index (χ4v) is 10.9. The van der Waals surface area contributed by atoms with Gasteiger partial charge in [0.15, 0.2) is 0 Å². The molecule has 0 aliphatic rings.